The summed E-state index contributed by atoms with van der Waals surface area (Å²) >= 11 is 0. The lowest BCUT2D eigenvalue weighted by Gasteiger charge is -2.06. The number of amides is 1. The molecule has 0 atom stereocenters. The van der Waals surface area contributed by atoms with Crippen molar-refractivity contribution < 1.29 is 9.90 Å². The Morgan fingerprint density at radius 2 is 1.54 bits per heavy atom. The molecule has 0 bridgehead atoms. The van der Waals surface area contributed by atoms with Crippen LogP contribution in [0.1, 0.15) is 16.1 Å². The van der Waals surface area contributed by atoms with Gasteiger partial charge in [0.15, 0.2) is 0 Å². The third-order valence-corrected chi connectivity index (χ3v) is 4.30. The largest absolute Gasteiger partial charge is 0.508 e. The van der Waals surface area contributed by atoms with Gasteiger partial charge in [0.05, 0.1) is 11.9 Å². The first-order valence-electron chi connectivity index (χ1n) is 8.74. The van der Waals surface area contributed by atoms with E-state index in [1.165, 1.54) is 0 Å². The molecule has 0 saturated heterocycles. The molecule has 1 amide bonds. The van der Waals surface area contributed by atoms with Crippen molar-refractivity contribution in [3.05, 3.63) is 103 Å². The average molecular weight is 370 g/mol. The number of phenolic OH excluding ortho intramolecular Hbond substituents is 1. The van der Waals surface area contributed by atoms with Gasteiger partial charge in [0, 0.05) is 35.5 Å². The molecule has 4 rings (SSSR count). The molecule has 2 aromatic carbocycles. The van der Waals surface area contributed by atoms with Crippen LogP contribution in [0.4, 0.5) is 0 Å². The van der Waals surface area contributed by atoms with Gasteiger partial charge in [0.1, 0.15) is 5.75 Å². The molecule has 0 spiro atoms. The van der Waals surface area contributed by atoms with Gasteiger partial charge in [-0.1, -0.05) is 0 Å². The predicted molar refractivity (Wildman–Crippen MR) is 108 cm³/mol. The number of hydrogen-bond acceptors (Lipinski definition) is 3. The van der Waals surface area contributed by atoms with E-state index in [-0.39, 0.29) is 11.7 Å². The fourth-order valence-corrected chi connectivity index (χ4v) is 2.86. The van der Waals surface area contributed by atoms with Crippen molar-refractivity contribution in [2.24, 2.45) is 5.10 Å². The van der Waals surface area contributed by atoms with Crippen molar-refractivity contribution in [3.63, 3.8) is 0 Å². The lowest BCUT2D eigenvalue weighted by molar-refractivity contribution is 0.0955. The minimum Gasteiger partial charge on any atom is -0.508 e. The van der Waals surface area contributed by atoms with E-state index in [0.717, 1.165) is 17.1 Å². The fraction of sp³-hybridized carbons (Fsp3) is 0. The van der Waals surface area contributed by atoms with Crippen LogP contribution >= 0.6 is 0 Å². The summed E-state index contributed by atoms with van der Waals surface area (Å²) in [6, 6.07) is 21.8. The number of hydrazone groups is 1. The van der Waals surface area contributed by atoms with E-state index in [1.807, 2.05) is 64.1 Å². The molecule has 2 N–H and O–H groups in total. The zero-order valence-corrected chi connectivity index (χ0v) is 14.9. The Morgan fingerprint density at radius 3 is 2.25 bits per heavy atom. The number of phenols is 1. The summed E-state index contributed by atoms with van der Waals surface area (Å²) in [4.78, 5) is 12.3. The van der Waals surface area contributed by atoms with Gasteiger partial charge in [0.2, 0.25) is 0 Å². The second-order valence-electron chi connectivity index (χ2n) is 6.16. The zero-order chi connectivity index (χ0) is 19.3. The molecular formula is C22H18N4O2. The van der Waals surface area contributed by atoms with Gasteiger partial charge in [-0.15, -0.1) is 0 Å². The smallest absolute Gasteiger partial charge is 0.271 e. The van der Waals surface area contributed by atoms with E-state index < -0.39 is 0 Å². The maximum Gasteiger partial charge on any atom is 0.271 e. The van der Waals surface area contributed by atoms with Crippen LogP contribution in [0.3, 0.4) is 0 Å². The number of rotatable bonds is 5. The molecule has 6 heteroatoms. The van der Waals surface area contributed by atoms with Gasteiger partial charge >= 0.3 is 0 Å². The van der Waals surface area contributed by atoms with Crippen LogP contribution in [0.5, 0.6) is 5.75 Å². The Hall–Kier alpha value is -4.06. The highest BCUT2D eigenvalue weighted by Gasteiger charge is 2.05. The number of aromatic nitrogens is 2. The second kappa shape index (κ2) is 7.67. The quantitative estimate of drug-likeness (QED) is 0.415. The number of nitrogens with zero attached hydrogens (tertiary/aromatic N) is 3. The van der Waals surface area contributed by atoms with Crippen molar-refractivity contribution in [3.8, 4) is 17.1 Å². The summed E-state index contributed by atoms with van der Waals surface area (Å²) in [7, 11) is 0. The van der Waals surface area contributed by atoms with Crippen LogP contribution in [-0.2, 0) is 0 Å². The van der Waals surface area contributed by atoms with Crippen molar-refractivity contribution >= 4 is 12.1 Å². The number of aromatic hydroxyl groups is 1. The third-order valence-electron chi connectivity index (χ3n) is 4.30. The number of benzene rings is 2. The molecule has 0 aliphatic heterocycles. The van der Waals surface area contributed by atoms with Gasteiger partial charge in [-0.2, -0.15) is 5.10 Å². The van der Waals surface area contributed by atoms with Crippen molar-refractivity contribution in [2.75, 3.05) is 0 Å². The normalized spacial score (nSPS) is 11.0. The molecule has 6 nitrogen and oxygen atoms in total. The van der Waals surface area contributed by atoms with Crippen molar-refractivity contribution in [1.29, 1.82) is 0 Å². The number of nitrogens with one attached hydrogen (secondary N) is 1. The first kappa shape index (κ1) is 17.4. The SMILES string of the molecule is O=C(N/N=C/c1cccn1-c1ccc(O)cc1)c1ccc(-n2cccc2)cc1. The summed E-state index contributed by atoms with van der Waals surface area (Å²) in [6.07, 6.45) is 7.36. The maximum absolute atomic E-state index is 12.3. The minimum absolute atomic E-state index is 0.209. The number of carbonyl (C=O) groups excluding carboxylic acids is 1. The molecule has 0 saturated carbocycles. The Balaban J connectivity index is 1.43. The van der Waals surface area contributed by atoms with Crippen LogP contribution in [-0.4, -0.2) is 26.4 Å². The van der Waals surface area contributed by atoms with E-state index >= 15 is 0 Å². The molecule has 138 valence electrons. The average Bonchev–Trinajstić information content (AvgIpc) is 3.41. The molecule has 4 aromatic rings. The standard InChI is InChI=1S/C22H18N4O2/c27-21-11-9-19(10-12-21)26-15-3-4-20(26)16-23-24-22(28)17-5-7-18(8-6-17)25-13-1-2-14-25/h1-16,27H,(H,24,28)/b23-16+. The maximum atomic E-state index is 12.3. The highest BCUT2D eigenvalue weighted by atomic mass is 16.3. The molecule has 0 aliphatic carbocycles. The van der Waals surface area contributed by atoms with E-state index in [4.69, 9.17) is 0 Å². The van der Waals surface area contributed by atoms with E-state index in [9.17, 15) is 9.90 Å². The summed E-state index contributed by atoms with van der Waals surface area (Å²) in [6.45, 7) is 0. The summed E-state index contributed by atoms with van der Waals surface area (Å²) in [5.74, 6) is -0.0702. The van der Waals surface area contributed by atoms with Crippen LogP contribution in [0.2, 0.25) is 0 Å². The Labute approximate surface area is 162 Å². The first-order valence-corrected chi connectivity index (χ1v) is 8.74. The van der Waals surface area contributed by atoms with Gasteiger partial charge in [0.25, 0.3) is 5.91 Å². The summed E-state index contributed by atoms with van der Waals surface area (Å²) in [5.41, 5.74) is 5.75. The van der Waals surface area contributed by atoms with Crippen LogP contribution in [0, 0.1) is 0 Å². The van der Waals surface area contributed by atoms with Crippen LogP contribution in [0.25, 0.3) is 11.4 Å². The highest BCUT2D eigenvalue weighted by Crippen LogP contribution is 2.15. The van der Waals surface area contributed by atoms with Gasteiger partial charge in [-0.3, -0.25) is 4.79 Å². The molecule has 2 aromatic heterocycles. The Morgan fingerprint density at radius 1 is 0.857 bits per heavy atom. The molecule has 0 unspecified atom stereocenters. The second-order valence-corrected chi connectivity index (χ2v) is 6.16. The van der Waals surface area contributed by atoms with E-state index in [0.29, 0.717) is 5.56 Å². The topological polar surface area (TPSA) is 71.6 Å². The lowest BCUT2D eigenvalue weighted by Crippen LogP contribution is -2.17. The number of carbonyl (C=O) groups is 1. The highest BCUT2D eigenvalue weighted by molar-refractivity contribution is 5.95. The summed E-state index contributed by atoms with van der Waals surface area (Å²) in [5, 5.41) is 13.5. The van der Waals surface area contributed by atoms with Gasteiger partial charge < -0.3 is 14.2 Å². The minimum atomic E-state index is -0.280. The monoisotopic (exact) mass is 370 g/mol. The zero-order valence-electron chi connectivity index (χ0n) is 14.9. The fourth-order valence-electron chi connectivity index (χ4n) is 2.86. The van der Waals surface area contributed by atoms with Crippen LogP contribution < -0.4 is 5.43 Å². The third kappa shape index (κ3) is 3.71. The molecule has 0 radical (unpaired) electrons. The number of hydrogen-bond donors (Lipinski definition) is 2. The van der Waals surface area contributed by atoms with Crippen LogP contribution in [0.15, 0.2) is 96.5 Å². The molecular weight excluding hydrogens is 352 g/mol. The van der Waals surface area contributed by atoms with Crippen molar-refractivity contribution in [2.45, 2.75) is 0 Å². The molecule has 2 heterocycles. The van der Waals surface area contributed by atoms with Gasteiger partial charge in [-0.05, 0) is 72.8 Å². The Kier molecular flexibility index (Phi) is 4.76. The lowest BCUT2D eigenvalue weighted by atomic mass is 10.2. The molecule has 28 heavy (non-hydrogen) atoms. The van der Waals surface area contributed by atoms with Crippen molar-refractivity contribution in [1.82, 2.24) is 14.6 Å². The van der Waals surface area contributed by atoms with E-state index in [1.54, 1.807) is 42.6 Å². The Bertz CT molecular complexity index is 1090. The first-order chi connectivity index (χ1) is 13.7. The molecule has 0 aliphatic rings. The predicted octanol–water partition coefficient (Wildman–Crippen LogP) is 3.74. The van der Waals surface area contributed by atoms with E-state index in [2.05, 4.69) is 10.5 Å². The molecule has 0 fully saturated rings. The van der Waals surface area contributed by atoms with Gasteiger partial charge in [-0.25, -0.2) is 5.43 Å². The summed E-state index contributed by atoms with van der Waals surface area (Å²) < 4.78 is 3.87.